The van der Waals surface area contributed by atoms with Crippen molar-refractivity contribution >= 4 is 16.9 Å². The van der Waals surface area contributed by atoms with Gasteiger partial charge >= 0.3 is 5.97 Å². The molecule has 2 saturated carbocycles. The van der Waals surface area contributed by atoms with E-state index in [4.69, 9.17) is 9.47 Å². The zero-order chi connectivity index (χ0) is 17.4. The minimum atomic E-state index is -2.72. The van der Waals surface area contributed by atoms with Gasteiger partial charge in [-0.25, -0.2) is 8.78 Å². The number of rotatable bonds is 5. The number of carbonyl (C=O) groups excluding carboxylic acids is 1. The highest BCUT2D eigenvalue weighted by Crippen LogP contribution is 2.62. The molecule has 4 nitrogen and oxygen atoms in total. The van der Waals surface area contributed by atoms with Crippen LogP contribution in [-0.4, -0.2) is 30.1 Å². The van der Waals surface area contributed by atoms with E-state index in [1.807, 2.05) is 24.3 Å². The third-order valence-electron chi connectivity index (χ3n) is 5.17. The summed E-state index contributed by atoms with van der Waals surface area (Å²) in [5.41, 5.74) is 0.821. The normalized spacial score (nSPS) is 26.7. The quantitative estimate of drug-likeness (QED) is 0.609. The molecule has 2 aromatic rings. The first kappa shape index (κ1) is 16.2. The Morgan fingerprint density at radius 3 is 2.92 bits per heavy atom. The van der Waals surface area contributed by atoms with Gasteiger partial charge in [0, 0.05) is 23.9 Å². The Balaban J connectivity index is 1.29. The number of para-hydroxylation sites is 1. The lowest BCUT2D eigenvalue weighted by atomic mass is 9.97. The number of ether oxygens (including phenoxy) is 2. The Labute approximate surface area is 144 Å². The molecule has 25 heavy (non-hydrogen) atoms. The predicted molar refractivity (Wildman–Crippen MR) is 87.5 cm³/mol. The summed E-state index contributed by atoms with van der Waals surface area (Å²) in [5, 5.41) is 0.879. The highest BCUT2D eigenvalue weighted by Gasteiger charge is 2.67. The lowest BCUT2D eigenvalue weighted by Crippen LogP contribution is -2.25. The molecule has 0 spiro atoms. The smallest absolute Gasteiger partial charge is 0.309 e. The average molecular weight is 347 g/mol. The van der Waals surface area contributed by atoms with E-state index in [9.17, 15) is 13.6 Å². The second kappa shape index (κ2) is 6.24. The Kier molecular flexibility index (Phi) is 4.06. The van der Waals surface area contributed by atoms with E-state index in [1.165, 1.54) is 0 Å². The van der Waals surface area contributed by atoms with Crippen molar-refractivity contribution < 1.29 is 23.0 Å². The molecule has 0 radical (unpaired) electrons. The van der Waals surface area contributed by atoms with Gasteiger partial charge in [-0.05, 0) is 37.0 Å². The zero-order valence-electron chi connectivity index (χ0n) is 13.7. The van der Waals surface area contributed by atoms with Gasteiger partial charge < -0.3 is 9.47 Å². The molecule has 1 aromatic heterocycles. The summed E-state index contributed by atoms with van der Waals surface area (Å²) in [6.45, 7) is 0.231. The Morgan fingerprint density at radius 1 is 1.24 bits per heavy atom. The van der Waals surface area contributed by atoms with E-state index in [2.05, 4.69) is 4.98 Å². The van der Waals surface area contributed by atoms with Crippen LogP contribution in [0.3, 0.4) is 0 Å². The molecule has 132 valence electrons. The fraction of sp³-hybridized carbons (Fsp3) is 0.474. The maximum absolute atomic E-state index is 13.8. The summed E-state index contributed by atoms with van der Waals surface area (Å²) in [4.78, 5) is 16.3. The van der Waals surface area contributed by atoms with Gasteiger partial charge in [0.1, 0.15) is 19.0 Å². The fourth-order valence-electron chi connectivity index (χ4n) is 3.96. The van der Waals surface area contributed by atoms with Gasteiger partial charge in [0.25, 0.3) is 5.92 Å². The van der Waals surface area contributed by atoms with Crippen molar-refractivity contribution in [2.24, 2.45) is 17.8 Å². The molecular weight excluding hydrogens is 328 g/mol. The van der Waals surface area contributed by atoms with Crippen molar-refractivity contribution in [2.45, 2.75) is 25.2 Å². The third-order valence-corrected chi connectivity index (χ3v) is 5.17. The van der Waals surface area contributed by atoms with Crippen LogP contribution >= 0.6 is 0 Å². The molecule has 3 atom stereocenters. The summed E-state index contributed by atoms with van der Waals surface area (Å²) in [7, 11) is 0. The SMILES string of the molecule is O=C(OCCOc1ccnc2ccccc12)C1C2CCCC(F)(F)C21. The monoisotopic (exact) mass is 347 g/mol. The molecule has 2 aliphatic rings. The van der Waals surface area contributed by atoms with E-state index in [1.54, 1.807) is 12.3 Å². The number of halogens is 2. The molecule has 4 rings (SSSR count). The van der Waals surface area contributed by atoms with Crippen molar-refractivity contribution in [2.75, 3.05) is 13.2 Å². The minimum Gasteiger partial charge on any atom is -0.489 e. The summed E-state index contributed by atoms with van der Waals surface area (Å²) >= 11 is 0. The molecule has 0 N–H and O–H groups in total. The fourth-order valence-corrected chi connectivity index (χ4v) is 3.96. The van der Waals surface area contributed by atoms with Crippen LogP contribution in [-0.2, 0) is 9.53 Å². The van der Waals surface area contributed by atoms with Crippen LogP contribution in [0, 0.1) is 17.8 Å². The van der Waals surface area contributed by atoms with Crippen LogP contribution in [0.1, 0.15) is 19.3 Å². The molecule has 6 heteroatoms. The van der Waals surface area contributed by atoms with Crippen LogP contribution in [0.2, 0.25) is 0 Å². The Hall–Kier alpha value is -2.24. The summed E-state index contributed by atoms with van der Waals surface area (Å²) in [6, 6.07) is 9.33. The Bertz CT molecular complexity index is 790. The van der Waals surface area contributed by atoms with Gasteiger partial charge in [0.15, 0.2) is 0 Å². The minimum absolute atomic E-state index is 0.0526. The van der Waals surface area contributed by atoms with Crippen molar-refractivity contribution in [3.05, 3.63) is 36.5 Å². The van der Waals surface area contributed by atoms with Crippen LogP contribution in [0.15, 0.2) is 36.5 Å². The maximum Gasteiger partial charge on any atom is 0.309 e. The number of alkyl halides is 2. The van der Waals surface area contributed by atoms with Crippen molar-refractivity contribution in [1.82, 2.24) is 4.98 Å². The van der Waals surface area contributed by atoms with Gasteiger partial charge in [-0.1, -0.05) is 12.1 Å². The number of fused-ring (bicyclic) bond motifs is 2. The highest BCUT2D eigenvalue weighted by molar-refractivity contribution is 5.84. The van der Waals surface area contributed by atoms with Gasteiger partial charge in [0.2, 0.25) is 0 Å². The van der Waals surface area contributed by atoms with E-state index >= 15 is 0 Å². The highest BCUT2D eigenvalue weighted by atomic mass is 19.3. The molecule has 2 aliphatic carbocycles. The Morgan fingerprint density at radius 2 is 2.08 bits per heavy atom. The second-order valence-corrected chi connectivity index (χ2v) is 6.71. The molecule has 2 fully saturated rings. The van der Waals surface area contributed by atoms with Crippen LogP contribution in [0.4, 0.5) is 8.78 Å². The largest absolute Gasteiger partial charge is 0.489 e. The van der Waals surface area contributed by atoms with Crippen molar-refractivity contribution in [3.63, 3.8) is 0 Å². The molecule has 0 saturated heterocycles. The summed E-state index contributed by atoms with van der Waals surface area (Å²) in [6.07, 6.45) is 2.71. The van der Waals surface area contributed by atoms with Gasteiger partial charge in [-0.3, -0.25) is 9.78 Å². The lowest BCUT2D eigenvalue weighted by molar-refractivity contribution is -0.148. The van der Waals surface area contributed by atoms with Gasteiger partial charge in [-0.15, -0.1) is 0 Å². The van der Waals surface area contributed by atoms with Crippen LogP contribution in [0.25, 0.3) is 10.9 Å². The van der Waals surface area contributed by atoms with E-state index in [-0.39, 0.29) is 25.6 Å². The number of carbonyl (C=O) groups is 1. The molecule has 0 aliphatic heterocycles. The molecule has 1 heterocycles. The van der Waals surface area contributed by atoms with Crippen molar-refractivity contribution in [3.8, 4) is 5.75 Å². The van der Waals surface area contributed by atoms with E-state index in [0.29, 0.717) is 18.6 Å². The second-order valence-electron chi connectivity index (χ2n) is 6.71. The molecule has 1 aromatic carbocycles. The molecule has 0 amide bonds. The number of nitrogens with zero attached hydrogens (tertiary/aromatic N) is 1. The molecule has 0 bridgehead atoms. The topological polar surface area (TPSA) is 48.4 Å². The number of pyridine rings is 1. The van der Waals surface area contributed by atoms with E-state index < -0.39 is 23.7 Å². The summed E-state index contributed by atoms with van der Waals surface area (Å²) in [5.74, 6) is -4.24. The third kappa shape index (κ3) is 3.05. The first-order chi connectivity index (χ1) is 12.1. The van der Waals surface area contributed by atoms with Gasteiger partial charge in [-0.2, -0.15) is 0 Å². The first-order valence-electron chi connectivity index (χ1n) is 8.59. The van der Waals surface area contributed by atoms with Crippen LogP contribution < -0.4 is 4.74 Å². The molecule has 3 unspecified atom stereocenters. The number of hydrogen-bond acceptors (Lipinski definition) is 4. The first-order valence-corrected chi connectivity index (χ1v) is 8.59. The van der Waals surface area contributed by atoms with E-state index in [0.717, 1.165) is 10.9 Å². The zero-order valence-corrected chi connectivity index (χ0v) is 13.7. The van der Waals surface area contributed by atoms with Gasteiger partial charge in [0.05, 0.1) is 11.4 Å². The average Bonchev–Trinajstić information content (AvgIpc) is 3.35. The standard InChI is InChI=1S/C19H19F2NO3/c20-19(21)8-3-5-13-16(17(13)19)18(23)25-11-10-24-15-7-9-22-14-6-2-1-4-12(14)15/h1-2,4,6-7,9,13,16-17H,3,5,8,10-11H2. The lowest BCUT2D eigenvalue weighted by Gasteiger charge is -2.19. The molecular formula is C19H19F2NO3. The number of benzene rings is 1. The number of hydrogen-bond donors (Lipinski definition) is 0. The van der Waals surface area contributed by atoms with Crippen LogP contribution in [0.5, 0.6) is 5.75 Å². The predicted octanol–water partition coefficient (Wildman–Crippen LogP) is 3.84. The summed E-state index contributed by atoms with van der Waals surface area (Å²) < 4.78 is 38.4. The number of aromatic nitrogens is 1. The maximum atomic E-state index is 13.8. The number of esters is 1. The van der Waals surface area contributed by atoms with Crippen molar-refractivity contribution in [1.29, 1.82) is 0 Å².